The highest BCUT2D eigenvalue weighted by molar-refractivity contribution is 4.75. The molecule has 0 N–H and O–H groups in total. The molecule has 2 aliphatic heterocycles. The van der Waals surface area contributed by atoms with Crippen molar-refractivity contribution in [3.63, 3.8) is 0 Å². The van der Waals surface area contributed by atoms with E-state index in [-0.39, 0.29) is 0 Å². The molecule has 2 unspecified atom stereocenters. The number of hydrogen-bond donors (Lipinski definition) is 0. The molecule has 0 radical (unpaired) electrons. The van der Waals surface area contributed by atoms with Gasteiger partial charge in [-0.05, 0) is 41.5 Å². The molecule has 0 saturated carbocycles. The Morgan fingerprint density at radius 3 is 1.60 bits per heavy atom. The fourth-order valence-corrected chi connectivity index (χ4v) is 2.73. The highest BCUT2D eigenvalue weighted by Gasteiger charge is 2.23. The molecule has 2 rings (SSSR count). The van der Waals surface area contributed by atoms with E-state index >= 15 is 0 Å². The second-order valence-corrected chi connectivity index (χ2v) is 6.55. The summed E-state index contributed by atoms with van der Waals surface area (Å²) < 4.78 is 10.8. The van der Waals surface area contributed by atoms with Crippen molar-refractivity contribution in [2.75, 3.05) is 39.4 Å². The lowest BCUT2D eigenvalue weighted by Crippen LogP contribution is -2.48. The van der Waals surface area contributed by atoms with Crippen molar-refractivity contribution in [3.8, 4) is 0 Å². The SMILES string of the molecule is CC(C)N1CCOCC1.CC1CN(C(C)C)CC(C)O1. The van der Waals surface area contributed by atoms with Gasteiger partial charge in [0, 0.05) is 38.3 Å². The lowest BCUT2D eigenvalue weighted by molar-refractivity contribution is -0.0764. The highest BCUT2D eigenvalue weighted by Crippen LogP contribution is 2.12. The largest absolute Gasteiger partial charge is 0.379 e. The van der Waals surface area contributed by atoms with Crippen LogP contribution in [0.1, 0.15) is 41.5 Å². The maximum Gasteiger partial charge on any atom is 0.0678 e. The quantitative estimate of drug-likeness (QED) is 0.777. The summed E-state index contributed by atoms with van der Waals surface area (Å²) in [7, 11) is 0. The van der Waals surface area contributed by atoms with E-state index in [1.165, 1.54) is 0 Å². The van der Waals surface area contributed by atoms with Crippen LogP contribution < -0.4 is 0 Å². The number of ether oxygens (including phenoxy) is 2. The van der Waals surface area contributed by atoms with E-state index in [2.05, 4.69) is 51.3 Å². The summed E-state index contributed by atoms with van der Waals surface area (Å²) in [5, 5.41) is 0. The minimum atomic E-state index is 0.404. The van der Waals surface area contributed by atoms with E-state index < -0.39 is 0 Å². The summed E-state index contributed by atoms with van der Waals surface area (Å²) in [6.07, 6.45) is 0.808. The molecule has 2 aliphatic rings. The van der Waals surface area contributed by atoms with Crippen LogP contribution in [0.4, 0.5) is 0 Å². The van der Waals surface area contributed by atoms with Crippen LogP contribution in [-0.4, -0.2) is 73.5 Å². The molecule has 0 aromatic rings. The van der Waals surface area contributed by atoms with Crippen molar-refractivity contribution in [1.82, 2.24) is 9.80 Å². The van der Waals surface area contributed by atoms with Crippen molar-refractivity contribution < 1.29 is 9.47 Å². The maximum absolute atomic E-state index is 5.62. The number of rotatable bonds is 2. The molecule has 2 atom stereocenters. The number of nitrogens with zero attached hydrogens (tertiary/aromatic N) is 2. The molecule has 4 heteroatoms. The average Bonchev–Trinajstić information content (AvgIpc) is 2.39. The lowest BCUT2D eigenvalue weighted by Gasteiger charge is -2.37. The molecular weight excluding hydrogens is 252 g/mol. The maximum atomic E-state index is 5.62. The Kier molecular flexibility index (Phi) is 8.03. The van der Waals surface area contributed by atoms with E-state index in [1.54, 1.807) is 0 Å². The smallest absolute Gasteiger partial charge is 0.0678 e. The Bertz CT molecular complexity index is 243. The minimum absolute atomic E-state index is 0.404. The van der Waals surface area contributed by atoms with Crippen LogP contribution in [0.2, 0.25) is 0 Å². The van der Waals surface area contributed by atoms with Gasteiger partial charge in [0.05, 0.1) is 25.4 Å². The topological polar surface area (TPSA) is 24.9 Å². The zero-order chi connectivity index (χ0) is 15.1. The van der Waals surface area contributed by atoms with E-state index in [4.69, 9.17) is 9.47 Å². The number of morpholine rings is 2. The van der Waals surface area contributed by atoms with E-state index in [0.717, 1.165) is 39.4 Å². The first-order valence-electron chi connectivity index (χ1n) is 8.11. The van der Waals surface area contributed by atoms with Crippen molar-refractivity contribution in [3.05, 3.63) is 0 Å². The standard InChI is InChI=1S/C9H19NO.C7H15NO/c1-7(2)10-5-8(3)11-9(4)6-10;1-7(2)8-3-5-9-6-4-8/h7-9H,5-6H2,1-4H3;7H,3-6H2,1-2H3. The van der Waals surface area contributed by atoms with Gasteiger partial charge < -0.3 is 9.47 Å². The van der Waals surface area contributed by atoms with Crippen LogP contribution in [0, 0.1) is 0 Å². The Hall–Kier alpha value is -0.160. The summed E-state index contributed by atoms with van der Waals surface area (Å²) in [5.74, 6) is 0. The first-order valence-corrected chi connectivity index (χ1v) is 8.11. The molecule has 0 bridgehead atoms. The fraction of sp³-hybridized carbons (Fsp3) is 1.00. The fourth-order valence-electron chi connectivity index (χ4n) is 2.73. The van der Waals surface area contributed by atoms with Gasteiger partial charge in [-0.3, -0.25) is 9.80 Å². The third-order valence-electron chi connectivity index (χ3n) is 3.95. The molecule has 0 aliphatic carbocycles. The predicted molar refractivity (Wildman–Crippen MR) is 84.2 cm³/mol. The van der Waals surface area contributed by atoms with Gasteiger partial charge in [0.25, 0.3) is 0 Å². The average molecular weight is 286 g/mol. The second kappa shape index (κ2) is 8.98. The second-order valence-electron chi connectivity index (χ2n) is 6.55. The molecule has 20 heavy (non-hydrogen) atoms. The van der Waals surface area contributed by atoms with Crippen LogP contribution in [0.15, 0.2) is 0 Å². The molecule has 0 aromatic carbocycles. The van der Waals surface area contributed by atoms with Gasteiger partial charge in [0.15, 0.2) is 0 Å². The van der Waals surface area contributed by atoms with Crippen LogP contribution in [0.3, 0.4) is 0 Å². The summed E-state index contributed by atoms with van der Waals surface area (Å²) in [6, 6.07) is 1.35. The van der Waals surface area contributed by atoms with Crippen LogP contribution in [0.5, 0.6) is 0 Å². The third-order valence-corrected chi connectivity index (χ3v) is 3.95. The van der Waals surface area contributed by atoms with Crippen LogP contribution >= 0.6 is 0 Å². The first-order chi connectivity index (χ1) is 9.40. The lowest BCUT2D eigenvalue weighted by atomic mass is 10.2. The van der Waals surface area contributed by atoms with Crippen molar-refractivity contribution in [2.45, 2.75) is 65.8 Å². The van der Waals surface area contributed by atoms with Gasteiger partial charge in [-0.25, -0.2) is 0 Å². The van der Waals surface area contributed by atoms with Gasteiger partial charge in [-0.2, -0.15) is 0 Å². The van der Waals surface area contributed by atoms with Crippen LogP contribution in [-0.2, 0) is 9.47 Å². The molecule has 0 aromatic heterocycles. The van der Waals surface area contributed by atoms with Crippen molar-refractivity contribution in [2.24, 2.45) is 0 Å². The zero-order valence-electron chi connectivity index (χ0n) is 14.3. The monoisotopic (exact) mass is 286 g/mol. The summed E-state index contributed by atoms with van der Waals surface area (Å²) >= 11 is 0. The van der Waals surface area contributed by atoms with Gasteiger partial charge in [-0.15, -0.1) is 0 Å². The third kappa shape index (κ3) is 6.53. The zero-order valence-corrected chi connectivity index (χ0v) is 14.3. The molecule has 0 spiro atoms. The molecule has 120 valence electrons. The predicted octanol–water partition coefficient (Wildman–Crippen LogP) is 2.23. The molecular formula is C16H34N2O2. The Morgan fingerprint density at radius 2 is 1.25 bits per heavy atom. The summed E-state index contributed by atoms with van der Waals surface area (Å²) in [6.45, 7) is 19.4. The van der Waals surface area contributed by atoms with Crippen molar-refractivity contribution in [1.29, 1.82) is 0 Å². The summed E-state index contributed by atoms with van der Waals surface area (Å²) in [5.41, 5.74) is 0. The molecule has 4 nitrogen and oxygen atoms in total. The molecule has 2 fully saturated rings. The molecule has 0 amide bonds. The van der Waals surface area contributed by atoms with Gasteiger partial charge >= 0.3 is 0 Å². The van der Waals surface area contributed by atoms with E-state index in [0.29, 0.717) is 24.3 Å². The Morgan fingerprint density at radius 1 is 0.800 bits per heavy atom. The van der Waals surface area contributed by atoms with Gasteiger partial charge in [-0.1, -0.05) is 0 Å². The Labute approximate surface area is 125 Å². The van der Waals surface area contributed by atoms with Crippen molar-refractivity contribution >= 4 is 0 Å². The minimum Gasteiger partial charge on any atom is -0.379 e. The van der Waals surface area contributed by atoms with Gasteiger partial charge in [0.1, 0.15) is 0 Å². The van der Waals surface area contributed by atoms with E-state index in [9.17, 15) is 0 Å². The van der Waals surface area contributed by atoms with Crippen LogP contribution in [0.25, 0.3) is 0 Å². The molecule has 2 saturated heterocycles. The number of hydrogen-bond acceptors (Lipinski definition) is 4. The van der Waals surface area contributed by atoms with Gasteiger partial charge in [0.2, 0.25) is 0 Å². The first kappa shape index (κ1) is 17.9. The Balaban J connectivity index is 0.000000204. The van der Waals surface area contributed by atoms with E-state index in [1.807, 2.05) is 0 Å². The molecule has 2 heterocycles. The normalized spacial score (nSPS) is 29.4. The highest BCUT2D eigenvalue weighted by atomic mass is 16.5. The summed E-state index contributed by atoms with van der Waals surface area (Å²) in [4.78, 5) is 4.91.